The number of nitrogens with one attached hydrogen (secondary N) is 1. The Morgan fingerprint density at radius 2 is 1.87 bits per heavy atom. The summed E-state index contributed by atoms with van der Waals surface area (Å²) >= 11 is 12.5. The summed E-state index contributed by atoms with van der Waals surface area (Å²) < 4.78 is 0. The number of amides is 2. The van der Waals surface area contributed by atoms with E-state index in [0.29, 0.717) is 15.6 Å². The molecule has 2 aromatic carbocycles. The number of rotatable bonds is 4. The molecule has 0 unspecified atom stereocenters. The van der Waals surface area contributed by atoms with Gasteiger partial charge in [0, 0.05) is 14.8 Å². The van der Waals surface area contributed by atoms with Crippen LogP contribution in [0.2, 0.25) is 5.02 Å². The number of carbonyl (C=O) groups excluding carboxylic acids is 2. The zero-order valence-corrected chi connectivity index (χ0v) is 18.1. The van der Waals surface area contributed by atoms with E-state index in [1.807, 2.05) is 6.07 Å². The van der Waals surface area contributed by atoms with Crippen LogP contribution >= 0.6 is 35.2 Å². The van der Waals surface area contributed by atoms with Crippen LogP contribution in [0.15, 0.2) is 66.2 Å². The molecule has 6 nitrogen and oxygen atoms in total. The molecule has 2 amide bonds. The van der Waals surface area contributed by atoms with E-state index in [2.05, 4.69) is 5.32 Å². The van der Waals surface area contributed by atoms with Crippen LogP contribution in [0, 0.1) is 0 Å². The zero-order valence-electron chi connectivity index (χ0n) is 15.7. The van der Waals surface area contributed by atoms with Crippen molar-refractivity contribution in [2.75, 3.05) is 4.90 Å². The summed E-state index contributed by atoms with van der Waals surface area (Å²) in [5.41, 5.74) is 1.29. The first-order valence-corrected chi connectivity index (χ1v) is 10.5. The van der Waals surface area contributed by atoms with Crippen molar-refractivity contribution < 1.29 is 19.5 Å². The molecular weight excluding hydrogens is 456 g/mol. The van der Waals surface area contributed by atoms with E-state index >= 15 is 0 Å². The average Bonchev–Trinajstić information content (AvgIpc) is 3.20. The molecule has 2 N–H and O–H groups in total. The maximum atomic E-state index is 13.1. The number of nitrogens with zero attached hydrogens (tertiary/aromatic N) is 1. The number of hydrogen-bond acceptors (Lipinski definition) is 5. The van der Waals surface area contributed by atoms with E-state index in [1.165, 1.54) is 28.4 Å². The third-order valence-corrected chi connectivity index (χ3v) is 6.08. The highest BCUT2D eigenvalue weighted by atomic mass is 35.5. The molecule has 9 heteroatoms. The number of anilines is 1. The summed E-state index contributed by atoms with van der Waals surface area (Å²) in [4.78, 5) is 39.4. The van der Waals surface area contributed by atoms with Gasteiger partial charge in [-0.2, -0.15) is 0 Å². The lowest BCUT2D eigenvalue weighted by Gasteiger charge is -2.28. The van der Waals surface area contributed by atoms with Crippen LogP contribution in [0.4, 0.5) is 5.69 Å². The van der Waals surface area contributed by atoms with E-state index in [4.69, 9.17) is 23.8 Å². The van der Waals surface area contributed by atoms with E-state index in [0.717, 1.165) is 10.4 Å². The minimum Gasteiger partial charge on any atom is -0.478 e. The summed E-state index contributed by atoms with van der Waals surface area (Å²) in [7, 11) is 0. The largest absolute Gasteiger partial charge is 0.478 e. The fraction of sp³-hybridized carbons (Fsp3) is 0. The molecule has 0 saturated carbocycles. The predicted octanol–water partition coefficient (Wildman–Crippen LogP) is 4.60. The molecule has 0 spiro atoms. The number of aromatic carboxylic acids is 1. The minimum absolute atomic E-state index is 0.0215. The van der Waals surface area contributed by atoms with Gasteiger partial charge in [0.25, 0.3) is 11.8 Å². The van der Waals surface area contributed by atoms with E-state index in [1.54, 1.807) is 48.5 Å². The predicted molar refractivity (Wildman–Crippen MR) is 124 cm³/mol. The molecule has 1 aliphatic rings. The Labute approximate surface area is 191 Å². The molecule has 0 bridgehead atoms. The van der Waals surface area contributed by atoms with Crippen molar-refractivity contribution in [2.24, 2.45) is 0 Å². The van der Waals surface area contributed by atoms with Crippen molar-refractivity contribution in [3.8, 4) is 10.4 Å². The van der Waals surface area contributed by atoms with Gasteiger partial charge in [0.15, 0.2) is 5.11 Å². The van der Waals surface area contributed by atoms with Gasteiger partial charge >= 0.3 is 5.97 Å². The zero-order chi connectivity index (χ0) is 22.1. The monoisotopic (exact) mass is 468 g/mol. The molecule has 0 radical (unpaired) electrons. The number of hydrogen-bond donors (Lipinski definition) is 2. The molecule has 1 saturated heterocycles. The highest BCUT2D eigenvalue weighted by Crippen LogP contribution is 2.31. The van der Waals surface area contributed by atoms with E-state index in [-0.39, 0.29) is 16.2 Å². The molecule has 1 aromatic heterocycles. The highest BCUT2D eigenvalue weighted by molar-refractivity contribution is 7.80. The third-order valence-electron chi connectivity index (χ3n) is 4.48. The van der Waals surface area contributed by atoms with Crippen molar-refractivity contribution in [3.63, 3.8) is 0 Å². The van der Waals surface area contributed by atoms with Crippen LogP contribution < -0.4 is 10.2 Å². The van der Waals surface area contributed by atoms with Gasteiger partial charge in [-0.1, -0.05) is 29.8 Å². The number of benzene rings is 2. The van der Waals surface area contributed by atoms with Gasteiger partial charge in [-0.3, -0.25) is 19.8 Å². The second-order valence-electron chi connectivity index (χ2n) is 6.53. The average molecular weight is 469 g/mol. The first-order valence-electron chi connectivity index (χ1n) is 8.94. The summed E-state index contributed by atoms with van der Waals surface area (Å²) in [6.07, 6.45) is 1.49. The standard InChI is InChI=1S/C22H13ClN2O4S2/c23-14-5-2-6-15(10-14)25-20(27)17(19(26)24-22(25)30)11-16-7-8-18(31-16)12-3-1-4-13(9-12)21(28)29/h1-11H,(H,28,29)(H,24,26,30)/b17-11+. The maximum Gasteiger partial charge on any atom is 0.335 e. The van der Waals surface area contributed by atoms with Crippen LogP contribution in [0.1, 0.15) is 15.2 Å². The Balaban J connectivity index is 1.67. The van der Waals surface area contributed by atoms with Gasteiger partial charge in [0.2, 0.25) is 0 Å². The number of carbonyl (C=O) groups is 3. The molecule has 1 fully saturated rings. The third kappa shape index (κ3) is 4.27. The van der Waals surface area contributed by atoms with Crippen LogP contribution in [0.5, 0.6) is 0 Å². The van der Waals surface area contributed by atoms with E-state index in [9.17, 15) is 19.5 Å². The SMILES string of the molecule is O=C1NC(=S)N(c2cccc(Cl)c2)C(=O)/C1=C/c1ccc(-c2cccc(C(=O)O)c2)s1. The number of halogens is 1. The van der Waals surface area contributed by atoms with Gasteiger partial charge in [0.05, 0.1) is 11.3 Å². The Hall–Kier alpha value is -3.33. The second kappa shape index (κ2) is 8.43. The Morgan fingerprint density at radius 1 is 1.10 bits per heavy atom. The fourth-order valence-corrected chi connectivity index (χ4v) is 4.45. The lowest BCUT2D eigenvalue weighted by molar-refractivity contribution is -0.122. The van der Waals surface area contributed by atoms with E-state index < -0.39 is 17.8 Å². The normalized spacial score (nSPS) is 15.3. The van der Waals surface area contributed by atoms with Crippen LogP contribution in [0.3, 0.4) is 0 Å². The quantitative estimate of drug-likeness (QED) is 0.332. The maximum absolute atomic E-state index is 13.1. The highest BCUT2D eigenvalue weighted by Gasteiger charge is 2.34. The smallest absolute Gasteiger partial charge is 0.335 e. The Morgan fingerprint density at radius 3 is 2.61 bits per heavy atom. The lowest BCUT2D eigenvalue weighted by Crippen LogP contribution is -2.54. The molecule has 2 heterocycles. The van der Waals surface area contributed by atoms with Crippen molar-refractivity contribution in [3.05, 3.63) is 81.7 Å². The van der Waals surface area contributed by atoms with Crippen LogP contribution in [-0.2, 0) is 9.59 Å². The first kappa shape index (κ1) is 20.9. The molecule has 4 rings (SSSR count). The Bertz CT molecular complexity index is 1280. The Kier molecular flexibility index (Phi) is 5.69. The van der Waals surface area contributed by atoms with Gasteiger partial charge < -0.3 is 5.11 Å². The summed E-state index contributed by atoms with van der Waals surface area (Å²) in [5.74, 6) is -2.16. The fourth-order valence-electron chi connectivity index (χ4n) is 3.04. The first-order chi connectivity index (χ1) is 14.8. The molecule has 1 aliphatic heterocycles. The lowest BCUT2D eigenvalue weighted by atomic mass is 10.1. The molecule has 31 heavy (non-hydrogen) atoms. The summed E-state index contributed by atoms with van der Waals surface area (Å²) in [5, 5.41) is 12.1. The second-order valence-corrected chi connectivity index (χ2v) is 8.46. The minimum atomic E-state index is -1.01. The molecule has 3 aromatic rings. The molecular formula is C22H13ClN2O4S2. The van der Waals surface area contributed by atoms with Crippen molar-refractivity contribution >= 4 is 69.8 Å². The number of thiophene rings is 1. The molecule has 0 atom stereocenters. The van der Waals surface area contributed by atoms with Gasteiger partial charge in [-0.25, -0.2) is 4.79 Å². The summed E-state index contributed by atoms with van der Waals surface area (Å²) in [6.45, 7) is 0. The van der Waals surface area contributed by atoms with Crippen LogP contribution in [-0.4, -0.2) is 28.0 Å². The van der Waals surface area contributed by atoms with Gasteiger partial charge in [-0.15, -0.1) is 11.3 Å². The molecule has 0 aliphatic carbocycles. The van der Waals surface area contributed by atoms with Gasteiger partial charge in [0.1, 0.15) is 5.57 Å². The summed E-state index contributed by atoms with van der Waals surface area (Å²) in [6, 6.07) is 16.7. The number of thiocarbonyl (C=S) groups is 1. The molecule has 154 valence electrons. The number of carboxylic acids is 1. The topological polar surface area (TPSA) is 86.7 Å². The number of carboxylic acid groups (broad SMARTS) is 1. The van der Waals surface area contributed by atoms with Crippen molar-refractivity contribution in [1.29, 1.82) is 0 Å². The van der Waals surface area contributed by atoms with Gasteiger partial charge in [-0.05, 0) is 66.3 Å². The van der Waals surface area contributed by atoms with Crippen molar-refractivity contribution in [2.45, 2.75) is 0 Å². The van der Waals surface area contributed by atoms with Crippen molar-refractivity contribution in [1.82, 2.24) is 5.32 Å². The van der Waals surface area contributed by atoms with Crippen LogP contribution in [0.25, 0.3) is 16.5 Å².